The summed E-state index contributed by atoms with van der Waals surface area (Å²) in [5, 5.41) is 2.76. The Kier molecular flexibility index (Phi) is 8.26. The summed E-state index contributed by atoms with van der Waals surface area (Å²) in [7, 11) is 0. The fourth-order valence-corrected chi connectivity index (χ4v) is 1.49. The fourth-order valence-electron chi connectivity index (χ4n) is 1.49. The zero-order valence-electron chi connectivity index (χ0n) is 12.6. The Morgan fingerprint density at radius 3 is 2.55 bits per heavy atom. The molecule has 0 bridgehead atoms. The van der Waals surface area contributed by atoms with Crippen molar-refractivity contribution >= 4 is 24.0 Å². The Bertz CT molecular complexity index is 434. The number of anilines is 1. The second-order valence-electron chi connectivity index (χ2n) is 5.29. The Morgan fingerprint density at radius 2 is 2.00 bits per heavy atom. The number of rotatable bonds is 6. The summed E-state index contributed by atoms with van der Waals surface area (Å²) in [6, 6.07) is 5.11. The number of benzene rings is 1. The van der Waals surface area contributed by atoms with E-state index in [-0.39, 0.29) is 18.3 Å². The maximum absolute atomic E-state index is 11.5. The van der Waals surface area contributed by atoms with E-state index in [9.17, 15) is 4.79 Å². The van der Waals surface area contributed by atoms with Crippen molar-refractivity contribution in [1.82, 2.24) is 0 Å². The molecule has 1 aromatic rings. The second kappa shape index (κ2) is 8.82. The highest BCUT2D eigenvalue weighted by Gasteiger charge is 2.09. The van der Waals surface area contributed by atoms with Gasteiger partial charge in [0.15, 0.2) is 0 Å². The molecule has 0 unspecified atom stereocenters. The van der Waals surface area contributed by atoms with Crippen LogP contribution in [0.15, 0.2) is 18.2 Å². The molecule has 1 amide bonds. The molecule has 20 heavy (non-hydrogen) atoms. The predicted octanol–water partition coefficient (Wildman–Crippen LogP) is 3.13. The van der Waals surface area contributed by atoms with Crippen molar-refractivity contribution < 1.29 is 9.53 Å². The fraction of sp³-hybridized carbons (Fsp3) is 0.533. The average Bonchev–Trinajstić information content (AvgIpc) is 2.32. The van der Waals surface area contributed by atoms with Crippen molar-refractivity contribution in [2.24, 2.45) is 11.7 Å². The maximum Gasteiger partial charge on any atom is 0.241 e. The van der Waals surface area contributed by atoms with Crippen molar-refractivity contribution in [1.29, 1.82) is 0 Å². The largest absolute Gasteiger partial charge is 0.493 e. The SMILES string of the molecule is Cc1ccc(NC(=O)[C@H](C)N)cc1OCCC(C)C.Cl. The zero-order valence-corrected chi connectivity index (χ0v) is 13.4. The zero-order chi connectivity index (χ0) is 14.4. The number of hydrogen-bond acceptors (Lipinski definition) is 3. The van der Waals surface area contributed by atoms with Crippen LogP contribution in [0, 0.1) is 12.8 Å². The standard InChI is InChI=1S/C15H24N2O2.ClH/c1-10(2)7-8-19-14-9-13(6-5-11(14)3)17-15(18)12(4)16;/h5-6,9-10,12H,7-8,16H2,1-4H3,(H,17,18);1H/t12-;/m0./s1. The molecule has 0 aromatic heterocycles. The third-order valence-corrected chi connectivity index (χ3v) is 2.82. The highest BCUT2D eigenvalue weighted by atomic mass is 35.5. The second-order valence-corrected chi connectivity index (χ2v) is 5.29. The van der Waals surface area contributed by atoms with Crippen LogP contribution in [0.3, 0.4) is 0 Å². The highest BCUT2D eigenvalue weighted by Crippen LogP contribution is 2.23. The van der Waals surface area contributed by atoms with E-state index in [4.69, 9.17) is 10.5 Å². The lowest BCUT2D eigenvalue weighted by Crippen LogP contribution is -2.32. The summed E-state index contributed by atoms with van der Waals surface area (Å²) in [5.41, 5.74) is 7.30. The topological polar surface area (TPSA) is 64.4 Å². The van der Waals surface area contributed by atoms with Gasteiger partial charge in [-0.05, 0) is 37.8 Å². The monoisotopic (exact) mass is 300 g/mol. The molecule has 0 heterocycles. The lowest BCUT2D eigenvalue weighted by atomic mass is 10.1. The Balaban J connectivity index is 0.00000361. The number of amides is 1. The molecule has 0 aliphatic carbocycles. The third kappa shape index (κ3) is 6.26. The molecular weight excluding hydrogens is 276 g/mol. The molecular formula is C15H25ClN2O2. The van der Waals surface area contributed by atoms with Crippen LogP contribution in [0.1, 0.15) is 32.8 Å². The van der Waals surface area contributed by atoms with Gasteiger partial charge in [0.2, 0.25) is 5.91 Å². The summed E-state index contributed by atoms with van der Waals surface area (Å²) in [6.45, 7) is 8.65. The minimum absolute atomic E-state index is 0. The van der Waals surface area contributed by atoms with Crippen molar-refractivity contribution in [3.05, 3.63) is 23.8 Å². The molecule has 0 radical (unpaired) electrons. The van der Waals surface area contributed by atoms with E-state index in [0.29, 0.717) is 18.2 Å². The number of aryl methyl sites for hydroxylation is 1. The van der Waals surface area contributed by atoms with E-state index >= 15 is 0 Å². The first-order valence-corrected chi connectivity index (χ1v) is 6.70. The van der Waals surface area contributed by atoms with Gasteiger partial charge in [0.05, 0.1) is 12.6 Å². The van der Waals surface area contributed by atoms with Crippen LogP contribution in [0.5, 0.6) is 5.75 Å². The quantitative estimate of drug-likeness (QED) is 0.848. The molecule has 0 saturated carbocycles. The molecule has 1 rings (SSSR count). The van der Waals surface area contributed by atoms with Gasteiger partial charge in [0.1, 0.15) is 5.75 Å². The van der Waals surface area contributed by atoms with Gasteiger partial charge >= 0.3 is 0 Å². The van der Waals surface area contributed by atoms with E-state index in [1.165, 1.54) is 0 Å². The molecule has 0 fully saturated rings. The molecule has 0 aliphatic rings. The first-order valence-electron chi connectivity index (χ1n) is 6.70. The van der Waals surface area contributed by atoms with Gasteiger partial charge in [-0.2, -0.15) is 0 Å². The number of nitrogens with two attached hydrogens (primary N) is 1. The average molecular weight is 301 g/mol. The van der Waals surface area contributed by atoms with E-state index < -0.39 is 6.04 Å². The van der Waals surface area contributed by atoms with E-state index in [1.807, 2.05) is 25.1 Å². The van der Waals surface area contributed by atoms with E-state index in [2.05, 4.69) is 19.2 Å². The molecule has 1 aromatic carbocycles. The third-order valence-electron chi connectivity index (χ3n) is 2.82. The normalized spacial score (nSPS) is 11.7. The van der Waals surface area contributed by atoms with Crippen molar-refractivity contribution in [2.75, 3.05) is 11.9 Å². The van der Waals surface area contributed by atoms with Crippen LogP contribution in [-0.2, 0) is 4.79 Å². The van der Waals surface area contributed by atoms with Gasteiger partial charge in [-0.3, -0.25) is 4.79 Å². The minimum atomic E-state index is -0.522. The maximum atomic E-state index is 11.5. The number of hydrogen-bond donors (Lipinski definition) is 2. The summed E-state index contributed by atoms with van der Waals surface area (Å²) >= 11 is 0. The van der Waals surface area contributed by atoms with Crippen molar-refractivity contribution in [3.8, 4) is 5.75 Å². The summed E-state index contributed by atoms with van der Waals surface area (Å²) < 4.78 is 5.75. The van der Waals surface area contributed by atoms with Gasteiger partial charge in [-0.15, -0.1) is 12.4 Å². The highest BCUT2D eigenvalue weighted by molar-refractivity contribution is 5.94. The van der Waals surface area contributed by atoms with Crippen molar-refractivity contribution in [2.45, 2.75) is 40.2 Å². The smallest absolute Gasteiger partial charge is 0.241 e. The van der Waals surface area contributed by atoms with E-state index in [1.54, 1.807) is 6.92 Å². The molecule has 5 heteroatoms. The Labute approximate surface area is 127 Å². The van der Waals surface area contributed by atoms with Gasteiger partial charge < -0.3 is 15.8 Å². The van der Waals surface area contributed by atoms with Crippen LogP contribution in [0.4, 0.5) is 5.69 Å². The van der Waals surface area contributed by atoms with Gasteiger partial charge in [-0.1, -0.05) is 19.9 Å². The number of carbonyl (C=O) groups excluding carboxylic acids is 1. The van der Waals surface area contributed by atoms with Crippen LogP contribution < -0.4 is 15.8 Å². The van der Waals surface area contributed by atoms with Gasteiger partial charge in [-0.25, -0.2) is 0 Å². The first-order chi connectivity index (χ1) is 8.90. The lowest BCUT2D eigenvalue weighted by molar-refractivity contribution is -0.117. The molecule has 0 saturated heterocycles. The Morgan fingerprint density at radius 1 is 1.35 bits per heavy atom. The Hall–Kier alpha value is -1.26. The molecule has 0 spiro atoms. The first kappa shape index (κ1) is 18.7. The van der Waals surface area contributed by atoms with Crippen LogP contribution >= 0.6 is 12.4 Å². The van der Waals surface area contributed by atoms with E-state index in [0.717, 1.165) is 17.7 Å². The minimum Gasteiger partial charge on any atom is -0.493 e. The number of carbonyl (C=O) groups is 1. The number of nitrogens with one attached hydrogen (secondary N) is 1. The molecule has 3 N–H and O–H groups in total. The number of halogens is 1. The molecule has 1 atom stereocenters. The lowest BCUT2D eigenvalue weighted by Gasteiger charge is -2.13. The summed E-state index contributed by atoms with van der Waals surface area (Å²) in [4.78, 5) is 11.5. The summed E-state index contributed by atoms with van der Waals surface area (Å²) in [6.07, 6.45) is 1.01. The van der Waals surface area contributed by atoms with Gasteiger partial charge in [0, 0.05) is 11.8 Å². The van der Waals surface area contributed by atoms with Crippen LogP contribution in [-0.4, -0.2) is 18.6 Å². The number of ether oxygens (including phenoxy) is 1. The summed E-state index contributed by atoms with van der Waals surface area (Å²) in [5.74, 6) is 1.22. The van der Waals surface area contributed by atoms with Crippen molar-refractivity contribution in [3.63, 3.8) is 0 Å². The molecule has 114 valence electrons. The predicted molar refractivity (Wildman–Crippen MR) is 85.7 cm³/mol. The van der Waals surface area contributed by atoms with Crippen LogP contribution in [0.25, 0.3) is 0 Å². The molecule has 4 nitrogen and oxygen atoms in total. The van der Waals surface area contributed by atoms with Crippen LogP contribution in [0.2, 0.25) is 0 Å². The molecule has 0 aliphatic heterocycles. The van der Waals surface area contributed by atoms with Gasteiger partial charge in [0.25, 0.3) is 0 Å².